The Morgan fingerprint density at radius 2 is 1.00 bits per heavy atom. The van der Waals surface area contributed by atoms with Crippen LogP contribution in [0.25, 0.3) is 0 Å². The molecule has 0 unspecified atom stereocenters. The van der Waals surface area contributed by atoms with E-state index in [1.807, 2.05) is 24.3 Å². The molecule has 0 spiro atoms. The van der Waals surface area contributed by atoms with E-state index in [-0.39, 0.29) is 24.8 Å². The Kier molecular flexibility index (Phi) is 9.63. The maximum absolute atomic E-state index is 5.13. The third kappa shape index (κ3) is 6.25. The third-order valence-corrected chi connectivity index (χ3v) is 2.98. The van der Waals surface area contributed by atoms with E-state index >= 15 is 0 Å². The standard InChI is InChI=1S/C16H19NO2.2ClH/c1-18-15-7-3-13(4-8-15)11-17-12-14-5-9-16(19-2)10-6-14;;/h3-10,17H,11-12H2,1-2H3;2*1H. The van der Waals surface area contributed by atoms with E-state index in [4.69, 9.17) is 9.47 Å². The summed E-state index contributed by atoms with van der Waals surface area (Å²) >= 11 is 0. The minimum atomic E-state index is 0. The van der Waals surface area contributed by atoms with Crippen LogP contribution < -0.4 is 14.8 Å². The molecule has 2 aromatic carbocycles. The summed E-state index contributed by atoms with van der Waals surface area (Å²) in [5.41, 5.74) is 2.49. The molecule has 0 aliphatic heterocycles. The average molecular weight is 330 g/mol. The molecule has 0 heterocycles. The molecular formula is C16H21Cl2NO2. The SMILES string of the molecule is COc1ccc(CNCc2ccc(OC)cc2)cc1.Cl.Cl. The zero-order chi connectivity index (χ0) is 13.5. The number of hydrogen-bond donors (Lipinski definition) is 1. The molecule has 0 aromatic heterocycles. The van der Waals surface area contributed by atoms with E-state index in [2.05, 4.69) is 29.6 Å². The van der Waals surface area contributed by atoms with Gasteiger partial charge in [-0.1, -0.05) is 24.3 Å². The van der Waals surface area contributed by atoms with Gasteiger partial charge in [0.25, 0.3) is 0 Å². The summed E-state index contributed by atoms with van der Waals surface area (Å²) in [4.78, 5) is 0. The molecule has 1 N–H and O–H groups in total. The molecule has 116 valence electrons. The van der Waals surface area contributed by atoms with Gasteiger partial charge in [0.15, 0.2) is 0 Å². The van der Waals surface area contributed by atoms with Crippen molar-refractivity contribution in [3.63, 3.8) is 0 Å². The summed E-state index contributed by atoms with van der Waals surface area (Å²) in [6.07, 6.45) is 0. The maximum atomic E-state index is 5.13. The van der Waals surface area contributed by atoms with E-state index in [1.54, 1.807) is 14.2 Å². The van der Waals surface area contributed by atoms with Crippen molar-refractivity contribution >= 4 is 24.8 Å². The van der Waals surface area contributed by atoms with Crippen LogP contribution in [0.2, 0.25) is 0 Å². The summed E-state index contributed by atoms with van der Waals surface area (Å²) < 4.78 is 10.3. The van der Waals surface area contributed by atoms with Crippen LogP contribution in [0.1, 0.15) is 11.1 Å². The molecule has 0 aliphatic rings. The van der Waals surface area contributed by atoms with Crippen molar-refractivity contribution in [1.82, 2.24) is 5.32 Å². The summed E-state index contributed by atoms with van der Waals surface area (Å²) in [6, 6.07) is 16.2. The van der Waals surface area contributed by atoms with E-state index in [0.29, 0.717) is 0 Å². The summed E-state index contributed by atoms with van der Waals surface area (Å²) in [5.74, 6) is 1.78. The topological polar surface area (TPSA) is 30.5 Å². The zero-order valence-electron chi connectivity index (χ0n) is 12.2. The van der Waals surface area contributed by atoms with Gasteiger partial charge in [0.1, 0.15) is 11.5 Å². The molecule has 2 aromatic rings. The van der Waals surface area contributed by atoms with Crippen LogP contribution >= 0.6 is 24.8 Å². The van der Waals surface area contributed by atoms with Gasteiger partial charge >= 0.3 is 0 Å². The number of hydrogen-bond acceptors (Lipinski definition) is 3. The lowest BCUT2D eigenvalue weighted by Gasteiger charge is -2.07. The lowest BCUT2D eigenvalue weighted by molar-refractivity contribution is 0.414. The molecular weight excluding hydrogens is 309 g/mol. The molecule has 2 rings (SSSR count). The fourth-order valence-electron chi connectivity index (χ4n) is 1.84. The lowest BCUT2D eigenvalue weighted by atomic mass is 10.2. The van der Waals surface area contributed by atoms with E-state index in [9.17, 15) is 0 Å². The zero-order valence-corrected chi connectivity index (χ0v) is 13.8. The van der Waals surface area contributed by atoms with Gasteiger partial charge < -0.3 is 14.8 Å². The fraction of sp³-hybridized carbons (Fsp3) is 0.250. The predicted molar refractivity (Wildman–Crippen MR) is 91.0 cm³/mol. The monoisotopic (exact) mass is 329 g/mol. The molecule has 0 amide bonds. The van der Waals surface area contributed by atoms with Crippen molar-refractivity contribution in [2.24, 2.45) is 0 Å². The van der Waals surface area contributed by atoms with E-state index < -0.39 is 0 Å². The van der Waals surface area contributed by atoms with Gasteiger partial charge in [0.05, 0.1) is 14.2 Å². The highest BCUT2D eigenvalue weighted by Crippen LogP contribution is 2.12. The Balaban J connectivity index is 0.00000200. The van der Waals surface area contributed by atoms with Crippen LogP contribution in [0.15, 0.2) is 48.5 Å². The normalized spacial score (nSPS) is 9.24. The molecule has 0 saturated carbocycles. The third-order valence-electron chi connectivity index (χ3n) is 2.98. The van der Waals surface area contributed by atoms with Crippen molar-refractivity contribution in [1.29, 1.82) is 0 Å². The Bertz CT molecular complexity index is 453. The number of rotatable bonds is 6. The molecule has 21 heavy (non-hydrogen) atoms. The Labute approximate surface area is 138 Å². The van der Waals surface area contributed by atoms with Crippen LogP contribution in [0, 0.1) is 0 Å². The average Bonchev–Trinajstić information content (AvgIpc) is 2.49. The largest absolute Gasteiger partial charge is 0.497 e. The Hall–Kier alpha value is -1.42. The highest BCUT2D eigenvalue weighted by molar-refractivity contribution is 5.85. The van der Waals surface area contributed by atoms with Crippen molar-refractivity contribution in [3.05, 3.63) is 59.7 Å². The van der Waals surface area contributed by atoms with Crippen molar-refractivity contribution in [2.75, 3.05) is 14.2 Å². The van der Waals surface area contributed by atoms with Crippen LogP contribution in [0.3, 0.4) is 0 Å². The lowest BCUT2D eigenvalue weighted by Crippen LogP contribution is -2.12. The summed E-state index contributed by atoms with van der Waals surface area (Å²) in [6.45, 7) is 1.69. The first-order valence-corrected chi connectivity index (χ1v) is 6.28. The smallest absolute Gasteiger partial charge is 0.118 e. The van der Waals surface area contributed by atoms with Gasteiger partial charge in [-0.05, 0) is 35.4 Å². The van der Waals surface area contributed by atoms with Gasteiger partial charge in [-0.15, -0.1) is 24.8 Å². The highest BCUT2D eigenvalue weighted by atomic mass is 35.5. The Morgan fingerprint density at radius 1 is 0.667 bits per heavy atom. The van der Waals surface area contributed by atoms with E-state index in [0.717, 1.165) is 24.6 Å². The quantitative estimate of drug-likeness (QED) is 0.873. The maximum Gasteiger partial charge on any atom is 0.118 e. The predicted octanol–water partition coefficient (Wildman–Crippen LogP) is 3.84. The van der Waals surface area contributed by atoms with E-state index in [1.165, 1.54) is 11.1 Å². The molecule has 0 fully saturated rings. The van der Waals surface area contributed by atoms with Crippen LogP contribution in [0.5, 0.6) is 11.5 Å². The molecule has 5 heteroatoms. The number of ether oxygens (including phenoxy) is 2. The summed E-state index contributed by atoms with van der Waals surface area (Å²) in [7, 11) is 3.36. The van der Waals surface area contributed by atoms with Crippen molar-refractivity contribution in [3.8, 4) is 11.5 Å². The van der Waals surface area contributed by atoms with Gasteiger partial charge in [-0.3, -0.25) is 0 Å². The van der Waals surface area contributed by atoms with Crippen LogP contribution in [0.4, 0.5) is 0 Å². The molecule has 0 saturated heterocycles. The van der Waals surface area contributed by atoms with Gasteiger partial charge in [-0.25, -0.2) is 0 Å². The van der Waals surface area contributed by atoms with Crippen molar-refractivity contribution < 1.29 is 9.47 Å². The molecule has 0 bridgehead atoms. The molecule has 3 nitrogen and oxygen atoms in total. The van der Waals surface area contributed by atoms with Crippen molar-refractivity contribution in [2.45, 2.75) is 13.1 Å². The number of halogens is 2. The first-order valence-electron chi connectivity index (χ1n) is 6.28. The second-order valence-electron chi connectivity index (χ2n) is 4.30. The fourth-order valence-corrected chi connectivity index (χ4v) is 1.84. The Morgan fingerprint density at radius 3 is 1.29 bits per heavy atom. The van der Waals surface area contributed by atoms with Crippen LogP contribution in [-0.4, -0.2) is 14.2 Å². The van der Waals surface area contributed by atoms with Crippen LogP contribution in [-0.2, 0) is 13.1 Å². The number of methoxy groups -OCH3 is 2. The van der Waals surface area contributed by atoms with Gasteiger partial charge in [0, 0.05) is 13.1 Å². The first-order chi connectivity index (χ1) is 9.31. The van der Waals surface area contributed by atoms with Gasteiger partial charge in [-0.2, -0.15) is 0 Å². The first kappa shape index (κ1) is 19.6. The second-order valence-corrected chi connectivity index (χ2v) is 4.30. The molecule has 0 radical (unpaired) electrons. The highest BCUT2D eigenvalue weighted by Gasteiger charge is 1.96. The minimum absolute atomic E-state index is 0. The molecule has 0 atom stereocenters. The summed E-state index contributed by atoms with van der Waals surface area (Å²) in [5, 5.41) is 3.41. The number of benzene rings is 2. The second kappa shape index (κ2) is 10.3. The molecule has 0 aliphatic carbocycles. The number of nitrogens with one attached hydrogen (secondary N) is 1. The van der Waals surface area contributed by atoms with Gasteiger partial charge in [0.2, 0.25) is 0 Å². The minimum Gasteiger partial charge on any atom is -0.497 e.